The first-order chi connectivity index (χ1) is 16.9. The quantitative estimate of drug-likeness (QED) is 0.315. The summed E-state index contributed by atoms with van der Waals surface area (Å²) in [5, 5.41) is 20.0. The lowest BCUT2D eigenvalue weighted by Crippen LogP contribution is -2.26. The van der Waals surface area contributed by atoms with Crippen molar-refractivity contribution in [1.29, 1.82) is 0 Å². The molecule has 0 atom stereocenters. The Morgan fingerprint density at radius 2 is 1.03 bits per heavy atom. The van der Waals surface area contributed by atoms with Gasteiger partial charge in [-0.3, -0.25) is 18.3 Å². The molecule has 0 aromatic carbocycles. The lowest BCUT2D eigenvalue weighted by molar-refractivity contribution is 0.0268. The molecule has 36 heavy (non-hydrogen) atoms. The monoisotopic (exact) mass is 510 g/mol. The van der Waals surface area contributed by atoms with Crippen molar-refractivity contribution in [1.82, 2.24) is 18.3 Å². The van der Waals surface area contributed by atoms with E-state index in [2.05, 4.69) is 27.7 Å². The van der Waals surface area contributed by atoms with Crippen molar-refractivity contribution in [3.8, 4) is 11.8 Å². The second kappa shape index (κ2) is 13.2. The van der Waals surface area contributed by atoms with Crippen molar-refractivity contribution in [3.05, 3.63) is 33.4 Å². The molecule has 0 unspecified atom stereocenters. The van der Waals surface area contributed by atoms with Gasteiger partial charge < -0.3 is 19.7 Å². The summed E-state index contributed by atoms with van der Waals surface area (Å²) < 4.78 is 17.4. The predicted molar refractivity (Wildman–Crippen MR) is 140 cm³/mol. The van der Waals surface area contributed by atoms with E-state index in [4.69, 9.17) is 9.47 Å². The molecule has 2 N–H and O–H groups in total. The van der Waals surface area contributed by atoms with Gasteiger partial charge in [-0.15, -0.1) is 0 Å². The minimum absolute atomic E-state index is 0.0110. The van der Waals surface area contributed by atoms with Crippen molar-refractivity contribution in [2.45, 2.75) is 93.4 Å². The van der Waals surface area contributed by atoms with Gasteiger partial charge >= 0.3 is 11.4 Å². The number of aromatic nitrogens is 4. The molecular formula is C26H46N4O6. The third-order valence-corrected chi connectivity index (χ3v) is 6.97. The largest absolute Gasteiger partial charge is 0.493 e. The van der Waals surface area contributed by atoms with Gasteiger partial charge in [0.05, 0.1) is 25.6 Å². The van der Waals surface area contributed by atoms with Crippen LogP contribution < -0.4 is 11.4 Å². The van der Waals surface area contributed by atoms with Gasteiger partial charge in [0.25, 0.3) is 0 Å². The van der Waals surface area contributed by atoms with Gasteiger partial charge in [0, 0.05) is 39.4 Å². The van der Waals surface area contributed by atoms with E-state index in [1.807, 2.05) is 13.8 Å². The van der Waals surface area contributed by atoms with E-state index in [0.717, 1.165) is 25.7 Å². The number of ether oxygens (including phenoxy) is 2. The van der Waals surface area contributed by atoms with Crippen molar-refractivity contribution in [2.24, 2.45) is 10.8 Å². The Morgan fingerprint density at radius 1 is 0.667 bits per heavy atom. The highest BCUT2D eigenvalue weighted by Crippen LogP contribution is 2.27. The van der Waals surface area contributed by atoms with Crippen molar-refractivity contribution in [3.63, 3.8) is 0 Å². The number of imidazole rings is 2. The van der Waals surface area contributed by atoms with Gasteiger partial charge in [-0.25, -0.2) is 9.59 Å². The van der Waals surface area contributed by atoms with Crippen LogP contribution >= 0.6 is 0 Å². The van der Waals surface area contributed by atoms with Crippen LogP contribution in [0.2, 0.25) is 0 Å². The topological polar surface area (TPSA) is 113 Å². The average Bonchev–Trinajstić information content (AvgIpc) is 3.25. The fourth-order valence-electron chi connectivity index (χ4n) is 4.01. The van der Waals surface area contributed by atoms with E-state index in [0.29, 0.717) is 52.6 Å². The van der Waals surface area contributed by atoms with Crippen molar-refractivity contribution < 1.29 is 19.7 Å². The molecule has 0 aliphatic carbocycles. The second-order valence-electron chi connectivity index (χ2n) is 11.0. The van der Waals surface area contributed by atoms with Gasteiger partial charge in [-0.2, -0.15) is 0 Å². The fourth-order valence-corrected chi connectivity index (χ4v) is 4.01. The van der Waals surface area contributed by atoms with Crippen LogP contribution in [0.1, 0.15) is 67.2 Å². The summed E-state index contributed by atoms with van der Waals surface area (Å²) >= 11 is 0. The molecule has 0 amide bonds. The molecule has 0 fully saturated rings. The molecule has 206 valence electrons. The molecule has 0 aliphatic rings. The molecule has 10 nitrogen and oxygen atoms in total. The van der Waals surface area contributed by atoms with Crippen LogP contribution in [-0.2, 0) is 35.7 Å². The zero-order valence-electron chi connectivity index (χ0n) is 23.0. The minimum atomic E-state index is -0.176. The first-order valence-electron chi connectivity index (χ1n) is 13.0. The van der Waals surface area contributed by atoms with Gasteiger partial charge in [0.15, 0.2) is 0 Å². The van der Waals surface area contributed by atoms with Crippen LogP contribution in [0.3, 0.4) is 0 Å². The normalized spacial score (nSPS) is 12.5. The summed E-state index contributed by atoms with van der Waals surface area (Å²) in [6.45, 7) is 16.6. The van der Waals surface area contributed by atoms with E-state index in [1.54, 1.807) is 0 Å². The number of aromatic hydroxyl groups is 2. The molecule has 0 bridgehead atoms. The Kier molecular flexibility index (Phi) is 10.9. The molecular weight excluding hydrogens is 464 g/mol. The third-order valence-electron chi connectivity index (χ3n) is 6.97. The molecule has 0 radical (unpaired) electrons. The van der Waals surface area contributed by atoms with Crippen LogP contribution in [0.4, 0.5) is 0 Å². The van der Waals surface area contributed by atoms with Crippen LogP contribution in [0, 0.1) is 10.8 Å². The molecule has 2 heterocycles. The maximum Gasteiger partial charge on any atom is 0.331 e. The van der Waals surface area contributed by atoms with E-state index >= 15 is 0 Å². The Balaban J connectivity index is 1.59. The maximum atomic E-state index is 12.2. The van der Waals surface area contributed by atoms with Crippen molar-refractivity contribution >= 4 is 0 Å². The highest BCUT2D eigenvalue weighted by atomic mass is 16.5. The molecule has 2 aromatic heterocycles. The van der Waals surface area contributed by atoms with Crippen LogP contribution in [0.15, 0.2) is 22.0 Å². The lowest BCUT2D eigenvalue weighted by Gasteiger charge is -2.25. The Morgan fingerprint density at radius 3 is 1.33 bits per heavy atom. The predicted octanol–water partition coefficient (Wildman–Crippen LogP) is 3.41. The zero-order valence-corrected chi connectivity index (χ0v) is 23.0. The summed E-state index contributed by atoms with van der Waals surface area (Å²) in [6, 6.07) is 0. The molecule has 0 saturated carbocycles. The number of rotatable bonds is 17. The first kappa shape index (κ1) is 29.8. The second-order valence-corrected chi connectivity index (χ2v) is 11.0. The molecule has 0 saturated heterocycles. The van der Waals surface area contributed by atoms with Gasteiger partial charge in [-0.1, -0.05) is 27.7 Å². The highest BCUT2D eigenvalue weighted by molar-refractivity contribution is 5.06. The summed E-state index contributed by atoms with van der Waals surface area (Å²) in [7, 11) is 0. The Bertz CT molecular complexity index is 975. The van der Waals surface area contributed by atoms with E-state index in [1.165, 1.54) is 30.7 Å². The summed E-state index contributed by atoms with van der Waals surface area (Å²) in [5.41, 5.74) is -0.408. The first-order valence-corrected chi connectivity index (χ1v) is 13.0. The summed E-state index contributed by atoms with van der Waals surface area (Å²) in [5.74, 6) is 0.0220. The van der Waals surface area contributed by atoms with E-state index in [9.17, 15) is 19.8 Å². The van der Waals surface area contributed by atoms with Crippen LogP contribution in [0.25, 0.3) is 0 Å². The lowest BCUT2D eigenvalue weighted by atomic mass is 9.86. The number of nitrogens with zero attached hydrogens (tertiary/aromatic N) is 4. The smallest absolute Gasteiger partial charge is 0.331 e. The maximum absolute atomic E-state index is 12.2. The van der Waals surface area contributed by atoms with E-state index < -0.39 is 0 Å². The van der Waals surface area contributed by atoms with Crippen LogP contribution in [0.5, 0.6) is 11.8 Å². The van der Waals surface area contributed by atoms with Gasteiger partial charge in [-0.05, 0) is 50.4 Å². The van der Waals surface area contributed by atoms with E-state index in [-0.39, 0.29) is 34.0 Å². The molecule has 2 rings (SSSR count). The minimum Gasteiger partial charge on any atom is -0.493 e. The van der Waals surface area contributed by atoms with Crippen molar-refractivity contribution in [2.75, 3.05) is 26.4 Å². The average molecular weight is 511 g/mol. The number of hydrogen-bond donors (Lipinski definition) is 2. The highest BCUT2D eigenvalue weighted by Gasteiger charge is 2.21. The molecule has 2 aromatic rings. The number of hydrogen-bond acceptors (Lipinski definition) is 6. The Labute approximate surface area is 214 Å². The van der Waals surface area contributed by atoms with Gasteiger partial charge in [0.1, 0.15) is 0 Å². The van der Waals surface area contributed by atoms with Crippen LogP contribution in [-0.4, -0.2) is 54.9 Å². The molecule has 0 spiro atoms. The zero-order chi connectivity index (χ0) is 26.9. The third kappa shape index (κ3) is 8.58. The summed E-state index contributed by atoms with van der Waals surface area (Å²) in [6.07, 6.45) is 6.17. The number of aryl methyl sites for hydroxylation is 2. The SMILES string of the molecule is CCn1cc(O)n(CCC(C)(C)CCOCCOCCC(C)(C)CCn2c(O)cn(CC)c2=O)c1=O. The molecule has 10 heteroatoms. The van der Waals surface area contributed by atoms with Gasteiger partial charge in [0.2, 0.25) is 11.8 Å². The Hall–Kier alpha value is -2.46. The summed E-state index contributed by atoms with van der Waals surface area (Å²) in [4.78, 5) is 24.5. The fraction of sp³-hybridized carbons (Fsp3) is 0.769. The standard InChI is InChI=1S/C26H46N4O6/c1-7-27-19-21(31)29(23(27)33)13-9-25(3,4)11-15-35-17-18-36-16-12-26(5,6)10-14-30-22(32)20-28(8-2)24(30)34/h19-20,31-32H,7-18H2,1-6H3. The molecule has 0 aliphatic heterocycles.